The number of nitrogens with zero attached hydrogens (tertiary/aromatic N) is 2. The average Bonchev–Trinajstić information content (AvgIpc) is 3.56. The predicted octanol–water partition coefficient (Wildman–Crippen LogP) is 11.5. The highest BCUT2D eigenvalue weighted by atomic mass is 15.0. The van der Waals surface area contributed by atoms with Crippen LogP contribution in [0.2, 0.25) is 0 Å². The van der Waals surface area contributed by atoms with Crippen LogP contribution in [0.4, 0.5) is 0 Å². The summed E-state index contributed by atoms with van der Waals surface area (Å²) in [5.41, 5.74) is 10.7. The van der Waals surface area contributed by atoms with Crippen LogP contribution in [-0.4, -0.2) is 9.38 Å². The monoisotopic (exact) mass is 574 g/mol. The van der Waals surface area contributed by atoms with Crippen molar-refractivity contribution in [2.45, 2.75) is 12.8 Å². The summed E-state index contributed by atoms with van der Waals surface area (Å²) in [5, 5.41) is 7.58. The van der Waals surface area contributed by atoms with E-state index < -0.39 is 0 Å². The Hall–Kier alpha value is -5.73. The van der Waals surface area contributed by atoms with Crippen LogP contribution in [0.15, 0.2) is 158 Å². The zero-order chi connectivity index (χ0) is 29.7. The van der Waals surface area contributed by atoms with Gasteiger partial charge in [0.1, 0.15) is 5.65 Å². The molecule has 0 saturated carbocycles. The number of hydrogen-bond acceptors (Lipinski definition) is 1. The maximum Gasteiger partial charge on any atom is 0.137 e. The summed E-state index contributed by atoms with van der Waals surface area (Å²) in [6.07, 6.45) is 10.9. The number of hydrogen-bond donors (Lipinski definition) is 0. The summed E-state index contributed by atoms with van der Waals surface area (Å²) in [6, 6.07) is 48.5. The van der Waals surface area contributed by atoms with Crippen LogP contribution >= 0.6 is 0 Å². The van der Waals surface area contributed by atoms with Gasteiger partial charge < -0.3 is 0 Å². The van der Waals surface area contributed by atoms with Gasteiger partial charge in [-0.15, -0.1) is 0 Å². The number of benzene rings is 6. The fraction of sp³-hybridized carbons (Fsp3) is 0.0465. The number of fused-ring (bicyclic) bond motifs is 4. The molecule has 9 rings (SSSR count). The number of rotatable bonds is 4. The van der Waals surface area contributed by atoms with E-state index in [9.17, 15) is 0 Å². The van der Waals surface area contributed by atoms with Gasteiger partial charge in [-0.25, -0.2) is 4.98 Å². The van der Waals surface area contributed by atoms with E-state index in [1.807, 2.05) is 0 Å². The first-order chi connectivity index (χ1) is 22.3. The van der Waals surface area contributed by atoms with E-state index >= 15 is 0 Å². The summed E-state index contributed by atoms with van der Waals surface area (Å²) in [4.78, 5) is 5.03. The molecule has 0 spiro atoms. The minimum absolute atomic E-state index is 0.975. The second kappa shape index (κ2) is 10.5. The number of pyridine rings is 1. The molecule has 2 nitrogen and oxygen atoms in total. The topological polar surface area (TPSA) is 17.3 Å². The summed E-state index contributed by atoms with van der Waals surface area (Å²) in [7, 11) is 0. The highest BCUT2D eigenvalue weighted by Crippen LogP contribution is 2.44. The molecule has 2 heterocycles. The third kappa shape index (κ3) is 4.29. The summed E-state index contributed by atoms with van der Waals surface area (Å²) in [6.45, 7) is 0. The lowest BCUT2D eigenvalue weighted by molar-refractivity contribution is 1.02. The highest BCUT2D eigenvalue weighted by molar-refractivity contribution is 6.21. The normalized spacial score (nSPS) is 13.2. The third-order valence-corrected chi connectivity index (χ3v) is 9.27. The van der Waals surface area contributed by atoms with E-state index in [0.29, 0.717) is 0 Å². The van der Waals surface area contributed by atoms with Crippen LogP contribution in [0.5, 0.6) is 0 Å². The van der Waals surface area contributed by atoms with E-state index in [4.69, 9.17) is 4.98 Å². The molecule has 0 amide bonds. The molecule has 0 aliphatic heterocycles. The van der Waals surface area contributed by atoms with Crippen molar-refractivity contribution in [1.82, 2.24) is 9.38 Å². The molecule has 0 fully saturated rings. The molecule has 0 saturated heterocycles. The second-order valence-corrected chi connectivity index (χ2v) is 11.9. The Balaban J connectivity index is 1.19. The van der Waals surface area contributed by atoms with Crippen LogP contribution in [0.1, 0.15) is 18.5 Å². The van der Waals surface area contributed by atoms with Crippen molar-refractivity contribution in [3.05, 3.63) is 164 Å². The van der Waals surface area contributed by atoms with E-state index in [1.54, 1.807) is 0 Å². The first-order valence-electron chi connectivity index (χ1n) is 15.7. The van der Waals surface area contributed by atoms with E-state index in [2.05, 4.69) is 162 Å². The molecule has 0 radical (unpaired) electrons. The maximum atomic E-state index is 5.03. The number of aromatic nitrogens is 2. The maximum absolute atomic E-state index is 5.03. The van der Waals surface area contributed by atoms with E-state index in [0.717, 1.165) is 29.7 Å². The molecule has 2 heteroatoms. The van der Waals surface area contributed by atoms with Crippen molar-refractivity contribution >= 4 is 43.5 Å². The molecule has 0 atom stereocenters. The molecule has 45 heavy (non-hydrogen) atoms. The lowest BCUT2D eigenvalue weighted by Gasteiger charge is -2.18. The Kier molecular flexibility index (Phi) is 5.99. The van der Waals surface area contributed by atoms with Gasteiger partial charge in [0.05, 0.1) is 11.4 Å². The Morgan fingerprint density at radius 3 is 1.84 bits per heavy atom. The van der Waals surface area contributed by atoms with Gasteiger partial charge in [-0.2, -0.15) is 0 Å². The molecule has 8 aromatic rings. The Bertz CT molecular complexity index is 2420. The van der Waals surface area contributed by atoms with Gasteiger partial charge in [-0.1, -0.05) is 133 Å². The highest BCUT2D eigenvalue weighted by Gasteiger charge is 2.17. The van der Waals surface area contributed by atoms with Crippen LogP contribution in [0.25, 0.3) is 77.0 Å². The largest absolute Gasteiger partial charge is 0.299 e. The smallest absolute Gasteiger partial charge is 0.137 e. The molecule has 0 N–H and O–H groups in total. The van der Waals surface area contributed by atoms with Crippen molar-refractivity contribution < 1.29 is 0 Å². The lowest BCUT2D eigenvalue weighted by Crippen LogP contribution is -1.96. The van der Waals surface area contributed by atoms with Gasteiger partial charge in [-0.3, -0.25) is 4.40 Å². The van der Waals surface area contributed by atoms with Crippen LogP contribution in [-0.2, 0) is 0 Å². The van der Waals surface area contributed by atoms with E-state index in [1.165, 1.54) is 65.8 Å². The third-order valence-electron chi connectivity index (χ3n) is 9.27. The minimum atomic E-state index is 0.975. The zero-order valence-electron chi connectivity index (χ0n) is 24.8. The molecule has 1 aliphatic rings. The Labute approximate surface area is 262 Å². The Morgan fingerprint density at radius 2 is 1.16 bits per heavy atom. The minimum Gasteiger partial charge on any atom is -0.299 e. The molecule has 6 aromatic carbocycles. The molecular formula is C43H30N2. The molecule has 1 aliphatic carbocycles. The summed E-state index contributed by atoms with van der Waals surface area (Å²) in [5.74, 6) is 0. The van der Waals surface area contributed by atoms with Crippen molar-refractivity contribution in [2.24, 2.45) is 0 Å². The first-order valence-corrected chi connectivity index (χ1v) is 15.7. The second-order valence-electron chi connectivity index (χ2n) is 11.9. The quantitative estimate of drug-likeness (QED) is 0.191. The molecule has 0 unspecified atom stereocenters. The van der Waals surface area contributed by atoms with Crippen LogP contribution in [0, 0.1) is 0 Å². The standard InChI is InChI=1S/C43H30N2/c1-2-12-31(13-3-1)40-19-10-20-41-44-39(28-45(40)41)30-22-24-32(25-23-30)42-35-15-6-8-17-37(35)43(38-18-9-7-16-36(38)42)34-26-21-29-11-4-5-14-33(29)27-34/h1-2,4-12,14-28H,3,13H2. The molecular weight excluding hydrogens is 544 g/mol. The fourth-order valence-corrected chi connectivity index (χ4v) is 7.13. The van der Waals surface area contributed by atoms with Gasteiger partial charge in [0.25, 0.3) is 0 Å². The fourth-order valence-electron chi connectivity index (χ4n) is 7.13. The molecule has 2 aromatic heterocycles. The van der Waals surface area contributed by atoms with Crippen molar-refractivity contribution in [3.63, 3.8) is 0 Å². The van der Waals surface area contributed by atoms with Crippen molar-refractivity contribution in [3.8, 4) is 33.5 Å². The van der Waals surface area contributed by atoms with Crippen molar-refractivity contribution in [1.29, 1.82) is 0 Å². The predicted molar refractivity (Wildman–Crippen MR) is 190 cm³/mol. The number of allylic oxidation sites excluding steroid dienone is 4. The first kappa shape index (κ1) is 25.7. The van der Waals surface area contributed by atoms with Gasteiger partial charge in [0.15, 0.2) is 0 Å². The molecule has 212 valence electrons. The lowest BCUT2D eigenvalue weighted by atomic mass is 9.85. The van der Waals surface area contributed by atoms with Crippen LogP contribution in [0.3, 0.4) is 0 Å². The Morgan fingerprint density at radius 1 is 0.533 bits per heavy atom. The molecule has 0 bridgehead atoms. The SMILES string of the molecule is C1=CCCC(c2cccc3nc(-c4ccc(-c5c6ccccc6c(-c6ccc7ccccc7c6)c6ccccc56)cc4)cn23)=C1. The average molecular weight is 575 g/mol. The summed E-state index contributed by atoms with van der Waals surface area (Å²) < 4.78 is 2.24. The summed E-state index contributed by atoms with van der Waals surface area (Å²) >= 11 is 0. The van der Waals surface area contributed by atoms with E-state index in [-0.39, 0.29) is 0 Å². The van der Waals surface area contributed by atoms with Gasteiger partial charge >= 0.3 is 0 Å². The van der Waals surface area contributed by atoms with Crippen molar-refractivity contribution in [2.75, 3.05) is 0 Å². The van der Waals surface area contributed by atoms with Gasteiger partial charge in [0.2, 0.25) is 0 Å². The van der Waals surface area contributed by atoms with Crippen LogP contribution < -0.4 is 0 Å². The number of imidazole rings is 1. The van der Waals surface area contributed by atoms with Gasteiger partial charge in [-0.05, 0) is 91.2 Å². The van der Waals surface area contributed by atoms with Gasteiger partial charge in [0, 0.05) is 11.8 Å². The zero-order valence-corrected chi connectivity index (χ0v) is 24.8.